The summed E-state index contributed by atoms with van der Waals surface area (Å²) in [6, 6.07) is 8.84. The molecule has 0 unspecified atom stereocenters. The van der Waals surface area contributed by atoms with E-state index in [0.29, 0.717) is 0 Å². The van der Waals surface area contributed by atoms with Gasteiger partial charge in [0.25, 0.3) is 0 Å². The number of alkyl halides is 1. The average molecular weight is 197 g/mol. The number of aryl methyl sites for hydroxylation is 2. The molecule has 0 aliphatic carbocycles. The molecule has 0 N–H and O–H groups in total. The summed E-state index contributed by atoms with van der Waals surface area (Å²) in [6.45, 7) is 2.21. The summed E-state index contributed by atoms with van der Waals surface area (Å²) in [5.74, 6) is 0.762. The highest BCUT2D eigenvalue weighted by atomic mass is 35.5. The lowest BCUT2D eigenvalue weighted by atomic mass is 10.0. The van der Waals surface area contributed by atoms with E-state index in [1.165, 1.54) is 24.0 Å². The molecule has 1 rings (SSSR count). The van der Waals surface area contributed by atoms with E-state index in [1.54, 1.807) is 0 Å². The van der Waals surface area contributed by atoms with Crippen LogP contribution in [0.2, 0.25) is 0 Å². The van der Waals surface area contributed by atoms with E-state index < -0.39 is 0 Å². The highest BCUT2D eigenvalue weighted by Gasteiger charge is 1.94. The predicted octanol–water partition coefficient (Wildman–Crippen LogP) is 3.81. The lowest BCUT2D eigenvalue weighted by molar-refractivity contribution is 0.898. The molecule has 0 amide bonds. The summed E-state index contributed by atoms with van der Waals surface area (Å²) >= 11 is 5.65. The Morgan fingerprint density at radius 3 is 2.46 bits per heavy atom. The molecule has 0 saturated heterocycles. The van der Waals surface area contributed by atoms with Gasteiger partial charge < -0.3 is 0 Å². The second-order valence-electron chi connectivity index (χ2n) is 3.36. The molecule has 1 aromatic rings. The Labute approximate surface area is 85.9 Å². The van der Waals surface area contributed by atoms with Gasteiger partial charge in [-0.2, -0.15) is 0 Å². The van der Waals surface area contributed by atoms with Crippen molar-refractivity contribution in [3.05, 3.63) is 35.4 Å². The van der Waals surface area contributed by atoms with Gasteiger partial charge in [0, 0.05) is 5.88 Å². The molecule has 1 aromatic carbocycles. The molecule has 0 saturated carbocycles. The zero-order valence-corrected chi connectivity index (χ0v) is 8.98. The Bertz CT molecular complexity index is 243. The smallest absolute Gasteiger partial charge is 0.0226 e. The molecule has 0 aliphatic rings. The van der Waals surface area contributed by atoms with Gasteiger partial charge in [0.15, 0.2) is 0 Å². The molecule has 1 heteroatoms. The first-order valence-corrected chi connectivity index (χ1v) is 5.54. The van der Waals surface area contributed by atoms with Crippen molar-refractivity contribution in [2.75, 3.05) is 5.88 Å². The molecule has 0 atom stereocenters. The fourth-order valence-corrected chi connectivity index (χ4v) is 1.63. The van der Waals surface area contributed by atoms with Crippen LogP contribution in [0.4, 0.5) is 0 Å². The van der Waals surface area contributed by atoms with Crippen molar-refractivity contribution in [2.24, 2.45) is 0 Å². The van der Waals surface area contributed by atoms with E-state index in [4.69, 9.17) is 11.6 Å². The normalized spacial score (nSPS) is 10.3. The van der Waals surface area contributed by atoms with Crippen LogP contribution in [0.25, 0.3) is 0 Å². The van der Waals surface area contributed by atoms with Crippen molar-refractivity contribution < 1.29 is 0 Å². The molecule has 0 spiro atoms. The zero-order chi connectivity index (χ0) is 9.52. The van der Waals surface area contributed by atoms with Crippen molar-refractivity contribution in [2.45, 2.75) is 32.6 Å². The maximum atomic E-state index is 5.65. The summed E-state index contributed by atoms with van der Waals surface area (Å²) < 4.78 is 0. The molecule has 0 bridgehead atoms. The highest BCUT2D eigenvalue weighted by molar-refractivity contribution is 6.17. The Hall–Kier alpha value is -0.490. The molecule has 13 heavy (non-hydrogen) atoms. The molecule has 0 nitrogen and oxygen atoms in total. The van der Waals surface area contributed by atoms with Gasteiger partial charge in [0.1, 0.15) is 0 Å². The number of halogens is 1. The summed E-state index contributed by atoms with van der Waals surface area (Å²) in [5.41, 5.74) is 2.88. The number of rotatable bonds is 5. The van der Waals surface area contributed by atoms with Crippen LogP contribution >= 0.6 is 11.6 Å². The van der Waals surface area contributed by atoms with Crippen molar-refractivity contribution in [1.82, 2.24) is 0 Å². The standard InChI is InChI=1S/C12H17Cl/c1-2-5-11-6-3-7-12(10-11)8-4-9-13/h3,6-7,10H,2,4-5,8-9H2,1H3. The van der Waals surface area contributed by atoms with E-state index >= 15 is 0 Å². The van der Waals surface area contributed by atoms with Crippen LogP contribution in [0.1, 0.15) is 30.9 Å². The van der Waals surface area contributed by atoms with Crippen molar-refractivity contribution in [1.29, 1.82) is 0 Å². The number of benzene rings is 1. The summed E-state index contributed by atoms with van der Waals surface area (Å²) in [6.07, 6.45) is 4.60. The first-order valence-electron chi connectivity index (χ1n) is 5.00. The van der Waals surface area contributed by atoms with Gasteiger partial charge >= 0.3 is 0 Å². The molecular formula is C12H17Cl. The number of hydrogen-bond donors (Lipinski definition) is 0. The van der Waals surface area contributed by atoms with Crippen molar-refractivity contribution >= 4 is 11.6 Å². The Morgan fingerprint density at radius 1 is 1.15 bits per heavy atom. The third kappa shape index (κ3) is 3.82. The summed E-state index contributed by atoms with van der Waals surface area (Å²) in [7, 11) is 0. The third-order valence-corrected chi connectivity index (χ3v) is 2.40. The van der Waals surface area contributed by atoms with Gasteiger partial charge in [-0.15, -0.1) is 11.6 Å². The monoisotopic (exact) mass is 196 g/mol. The van der Waals surface area contributed by atoms with Gasteiger partial charge in [-0.3, -0.25) is 0 Å². The molecule has 72 valence electrons. The van der Waals surface area contributed by atoms with E-state index in [0.717, 1.165) is 18.7 Å². The van der Waals surface area contributed by atoms with E-state index in [-0.39, 0.29) is 0 Å². The first kappa shape index (κ1) is 10.6. The Balaban J connectivity index is 2.56. The molecule has 0 fully saturated rings. The second kappa shape index (κ2) is 6.04. The molecule has 0 aliphatic heterocycles. The first-order chi connectivity index (χ1) is 6.36. The fourth-order valence-electron chi connectivity index (χ4n) is 1.50. The maximum absolute atomic E-state index is 5.65. The molecule has 0 aromatic heterocycles. The predicted molar refractivity (Wildman–Crippen MR) is 59.5 cm³/mol. The molecular weight excluding hydrogens is 180 g/mol. The van der Waals surface area contributed by atoms with Gasteiger partial charge in [0.2, 0.25) is 0 Å². The SMILES string of the molecule is CCCc1cccc(CCCCl)c1. The minimum Gasteiger partial charge on any atom is -0.127 e. The summed E-state index contributed by atoms with van der Waals surface area (Å²) in [5, 5.41) is 0. The van der Waals surface area contributed by atoms with Crippen molar-refractivity contribution in [3.8, 4) is 0 Å². The van der Waals surface area contributed by atoms with Crippen molar-refractivity contribution in [3.63, 3.8) is 0 Å². The van der Waals surface area contributed by atoms with Crippen LogP contribution in [0.3, 0.4) is 0 Å². The van der Waals surface area contributed by atoms with Gasteiger partial charge in [-0.05, 0) is 30.4 Å². The van der Waals surface area contributed by atoms with Crippen LogP contribution in [-0.2, 0) is 12.8 Å². The average Bonchev–Trinajstić information content (AvgIpc) is 2.16. The van der Waals surface area contributed by atoms with Gasteiger partial charge in [-0.1, -0.05) is 37.6 Å². The van der Waals surface area contributed by atoms with E-state index in [9.17, 15) is 0 Å². The third-order valence-electron chi connectivity index (χ3n) is 2.13. The molecule has 0 radical (unpaired) electrons. The zero-order valence-electron chi connectivity index (χ0n) is 8.22. The lowest BCUT2D eigenvalue weighted by Gasteiger charge is -2.02. The van der Waals surface area contributed by atoms with Crippen LogP contribution in [0.5, 0.6) is 0 Å². The minimum absolute atomic E-state index is 0.762. The largest absolute Gasteiger partial charge is 0.127 e. The number of hydrogen-bond acceptors (Lipinski definition) is 0. The van der Waals surface area contributed by atoms with E-state index in [1.807, 2.05) is 0 Å². The maximum Gasteiger partial charge on any atom is 0.0226 e. The van der Waals surface area contributed by atoms with Gasteiger partial charge in [0.05, 0.1) is 0 Å². The minimum atomic E-state index is 0.762. The Morgan fingerprint density at radius 2 is 1.85 bits per heavy atom. The van der Waals surface area contributed by atoms with Crippen LogP contribution in [0, 0.1) is 0 Å². The van der Waals surface area contributed by atoms with Crippen LogP contribution in [0.15, 0.2) is 24.3 Å². The topological polar surface area (TPSA) is 0 Å². The van der Waals surface area contributed by atoms with E-state index in [2.05, 4.69) is 31.2 Å². The quantitative estimate of drug-likeness (QED) is 0.629. The highest BCUT2D eigenvalue weighted by Crippen LogP contribution is 2.09. The molecule has 0 heterocycles. The fraction of sp³-hybridized carbons (Fsp3) is 0.500. The summed E-state index contributed by atoms with van der Waals surface area (Å²) in [4.78, 5) is 0. The van der Waals surface area contributed by atoms with Crippen LogP contribution < -0.4 is 0 Å². The Kier molecular flexibility index (Phi) is 4.92. The van der Waals surface area contributed by atoms with Crippen LogP contribution in [-0.4, -0.2) is 5.88 Å². The van der Waals surface area contributed by atoms with Gasteiger partial charge in [-0.25, -0.2) is 0 Å². The second-order valence-corrected chi connectivity index (χ2v) is 3.74. The lowest BCUT2D eigenvalue weighted by Crippen LogP contribution is -1.89.